The van der Waals surface area contributed by atoms with E-state index in [2.05, 4.69) is 5.32 Å². The van der Waals surface area contributed by atoms with Gasteiger partial charge in [0.2, 0.25) is 5.75 Å². The van der Waals surface area contributed by atoms with Crippen molar-refractivity contribution in [2.75, 3.05) is 32.2 Å². The number of amides is 1. The molecule has 0 saturated carbocycles. The lowest BCUT2D eigenvalue weighted by Crippen LogP contribution is -2.15. The van der Waals surface area contributed by atoms with Crippen LogP contribution in [-0.4, -0.2) is 38.8 Å². The van der Waals surface area contributed by atoms with E-state index < -0.39 is 5.97 Å². The van der Waals surface area contributed by atoms with Crippen molar-refractivity contribution >= 4 is 28.2 Å². The summed E-state index contributed by atoms with van der Waals surface area (Å²) in [5.74, 6) is 0.478. The van der Waals surface area contributed by atoms with Crippen LogP contribution in [0.25, 0.3) is 0 Å². The van der Waals surface area contributed by atoms with Crippen molar-refractivity contribution in [1.29, 1.82) is 0 Å². The molecule has 0 aliphatic carbocycles. The van der Waals surface area contributed by atoms with Crippen molar-refractivity contribution < 1.29 is 28.5 Å². The Hall–Kier alpha value is -2.74. The fourth-order valence-corrected chi connectivity index (χ4v) is 4.23. The van der Waals surface area contributed by atoms with Gasteiger partial charge in [-0.2, -0.15) is 0 Å². The lowest BCUT2D eigenvalue weighted by Gasteiger charge is -2.17. The Balaban J connectivity index is 2.48. The number of carbonyl (C=O) groups is 2. The lowest BCUT2D eigenvalue weighted by molar-refractivity contribution is 0.0601. The van der Waals surface area contributed by atoms with Crippen LogP contribution < -0.4 is 19.5 Å². The molecule has 0 fully saturated rings. The SMILES string of the molecule is CCOc1cc(C(=O)Nc2sc(C)c(CC)c2C(=O)OC)cc(OCC)c1OCC. The topological polar surface area (TPSA) is 83.1 Å². The highest BCUT2D eigenvalue weighted by atomic mass is 32.1. The maximum atomic E-state index is 13.1. The van der Waals surface area contributed by atoms with Crippen LogP contribution in [-0.2, 0) is 11.2 Å². The number of hydrogen-bond donors (Lipinski definition) is 1. The van der Waals surface area contributed by atoms with Gasteiger partial charge in [0.25, 0.3) is 5.91 Å². The molecule has 2 rings (SSSR count). The molecule has 164 valence electrons. The zero-order valence-corrected chi connectivity index (χ0v) is 19.2. The molecule has 1 aromatic heterocycles. The summed E-state index contributed by atoms with van der Waals surface area (Å²) >= 11 is 1.35. The summed E-state index contributed by atoms with van der Waals surface area (Å²) in [6.45, 7) is 10.7. The van der Waals surface area contributed by atoms with Gasteiger partial charge in [-0.05, 0) is 51.8 Å². The van der Waals surface area contributed by atoms with Gasteiger partial charge in [0.1, 0.15) is 5.00 Å². The Morgan fingerprint density at radius 1 is 0.967 bits per heavy atom. The van der Waals surface area contributed by atoms with Gasteiger partial charge in [0.15, 0.2) is 11.5 Å². The fraction of sp³-hybridized carbons (Fsp3) is 0.455. The van der Waals surface area contributed by atoms with Gasteiger partial charge < -0.3 is 24.3 Å². The first-order valence-corrected chi connectivity index (χ1v) is 10.8. The number of ether oxygens (including phenoxy) is 4. The quantitative estimate of drug-likeness (QED) is 0.537. The highest BCUT2D eigenvalue weighted by molar-refractivity contribution is 7.16. The number of benzene rings is 1. The van der Waals surface area contributed by atoms with Crippen molar-refractivity contribution in [2.24, 2.45) is 0 Å². The van der Waals surface area contributed by atoms with Crippen LogP contribution in [0.5, 0.6) is 17.2 Å². The summed E-state index contributed by atoms with van der Waals surface area (Å²) in [6.07, 6.45) is 0.661. The number of esters is 1. The van der Waals surface area contributed by atoms with Crippen LogP contribution in [0.15, 0.2) is 12.1 Å². The van der Waals surface area contributed by atoms with Crippen molar-refractivity contribution in [3.8, 4) is 17.2 Å². The van der Waals surface area contributed by atoms with Crippen LogP contribution in [0.4, 0.5) is 5.00 Å². The average Bonchev–Trinajstić information content (AvgIpc) is 3.04. The number of anilines is 1. The molecule has 1 amide bonds. The molecule has 1 N–H and O–H groups in total. The minimum atomic E-state index is -0.469. The first-order chi connectivity index (χ1) is 14.4. The largest absolute Gasteiger partial charge is 0.490 e. The van der Waals surface area contributed by atoms with Crippen LogP contribution in [0.1, 0.15) is 58.9 Å². The van der Waals surface area contributed by atoms with E-state index in [9.17, 15) is 9.59 Å². The fourth-order valence-electron chi connectivity index (χ4n) is 3.11. The number of thiophene rings is 1. The Morgan fingerprint density at radius 2 is 1.53 bits per heavy atom. The van der Waals surface area contributed by atoms with E-state index in [1.54, 1.807) is 12.1 Å². The van der Waals surface area contributed by atoms with E-state index in [4.69, 9.17) is 18.9 Å². The van der Waals surface area contributed by atoms with Crippen LogP contribution in [0.2, 0.25) is 0 Å². The summed E-state index contributed by atoms with van der Waals surface area (Å²) < 4.78 is 22.0. The molecule has 2 aromatic rings. The molecule has 30 heavy (non-hydrogen) atoms. The predicted octanol–water partition coefficient (Wildman–Crippen LogP) is 4.85. The standard InChI is InChI=1S/C22H29NO6S/c1-7-15-13(5)30-21(18(15)22(25)26-6)23-20(24)14-11-16(27-8-2)19(29-10-4)17(12-14)28-9-3/h11-12H,7-10H2,1-6H3,(H,23,24). The second kappa shape index (κ2) is 10.9. The van der Waals surface area contributed by atoms with Crippen molar-refractivity contribution in [2.45, 2.75) is 41.0 Å². The third-order valence-electron chi connectivity index (χ3n) is 4.35. The molecule has 0 spiro atoms. The minimum Gasteiger partial charge on any atom is -0.490 e. The van der Waals surface area contributed by atoms with Crippen molar-refractivity contribution in [3.63, 3.8) is 0 Å². The van der Waals surface area contributed by atoms with E-state index in [1.165, 1.54) is 18.4 Å². The normalized spacial score (nSPS) is 10.5. The molecule has 0 aliphatic rings. The van der Waals surface area contributed by atoms with Crippen molar-refractivity contribution in [3.05, 3.63) is 33.7 Å². The van der Waals surface area contributed by atoms with E-state index in [0.29, 0.717) is 59.6 Å². The zero-order valence-electron chi connectivity index (χ0n) is 18.3. The van der Waals surface area contributed by atoms with Crippen LogP contribution in [0.3, 0.4) is 0 Å². The molecule has 0 unspecified atom stereocenters. The summed E-state index contributed by atoms with van der Waals surface area (Å²) in [7, 11) is 1.33. The molecule has 8 heteroatoms. The molecule has 0 aliphatic heterocycles. The molecule has 1 heterocycles. The van der Waals surface area contributed by atoms with E-state index in [1.807, 2.05) is 34.6 Å². The first-order valence-electron chi connectivity index (χ1n) is 9.99. The van der Waals surface area contributed by atoms with Gasteiger partial charge >= 0.3 is 5.97 Å². The molecule has 0 saturated heterocycles. The molecule has 0 atom stereocenters. The number of rotatable bonds is 10. The Labute approximate surface area is 181 Å². The summed E-state index contributed by atoms with van der Waals surface area (Å²) in [4.78, 5) is 26.3. The Bertz CT molecular complexity index is 878. The second-order valence-electron chi connectivity index (χ2n) is 6.24. The van der Waals surface area contributed by atoms with Gasteiger partial charge in [0, 0.05) is 10.4 Å². The van der Waals surface area contributed by atoms with Gasteiger partial charge in [-0.15, -0.1) is 11.3 Å². The number of methoxy groups -OCH3 is 1. The van der Waals surface area contributed by atoms with Crippen LogP contribution in [0, 0.1) is 6.92 Å². The number of hydrogen-bond acceptors (Lipinski definition) is 7. The number of carbonyl (C=O) groups excluding carboxylic acids is 2. The first kappa shape index (κ1) is 23.5. The lowest BCUT2D eigenvalue weighted by atomic mass is 10.1. The predicted molar refractivity (Wildman–Crippen MR) is 118 cm³/mol. The second-order valence-corrected chi connectivity index (χ2v) is 7.47. The molecule has 1 aromatic carbocycles. The highest BCUT2D eigenvalue weighted by Gasteiger charge is 2.24. The third kappa shape index (κ3) is 5.05. The molecule has 0 radical (unpaired) electrons. The maximum Gasteiger partial charge on any atom is 0.341 e. The van der Waals surface area contributed by atoms with Crippen LogP contribution >= 0.6 is 11.3 Å². The average molecular weight is 436 g/mol. The van der Waals surface area contributed by atoms with E-state index in [0.717, 1.165) is 10.4 Å². The van der Waals surface area contributed by atoms with Gasteiger partial charge in [0.05, 0.1) is 32.5 Å². The molecular formula is C22H29NO6S. The summed E-state index contributed by atoms with van der Waals surface area (Å²) in [5, 5.41) is 3.32. The minimum absolute atomic E-state index is 0.338. The van der Waals surface area contributed by atoms with Crippen molar-refractivity contribution in [1.82, 2.24) is 0 Å². The monoisotopic (exact) mass is 435 g/mol. The van der Waals surface area contributed by atoms with Gasteiger partial charge in [-0.3, -0.25) is 4.79 Å². The number of aryl methyl sites for hydroxylation is 1. The highest BCUT2D eigenvalue weighted by Crippen LogP contribution is 2.40. The number of nitrogens with one attached hydrogen (secondary N) is 1. The molecule has 7 nitrogen and oxygen atoms in total. The van der Waals surface area contributed by atoms with Gasteiger partial charge in [-0.25, -0.2) is 4.79 Å². The maximum absolute atomic E-state index is 13.1. The van der Waals surface area contributed by atoms with Gasteiger partial charge in [-0.1, -0.05) is 6.92 Å². The smallest absolute Gasteiger partial charge is 0.341 e. The Morgan fingerprint density at radius 3 is 2.00 bits per heavy atom. The Kier molecular flexibility index (Phi) is 8.53. The summed E-state index contributed by atoms with van der Waals surface area (Å²) in [6, 6.07) is 3.23. The molecule has 0 bridgehead atoms. The molecular weight excluding hydrogens is 406 g/mol. The zero-order chi connectivity index (χ0) is 22.3. The van der Waals surface area contributed by atoms with E-state index >= 15 is 0 Å². The summed E-state index contributed by atoms with van der Waals surface area (Å²) in [5.41, 5.74) is 1.61. The third-order valence-corrected chi connectivity index (χ3v) is 5.41. The van der Waals surface area contributed by atoms with E-state index in [-0.39, 0.29) is 5.91 Å².